The molecule has 3 aromatic rings. The maximum atomic E-state index is 12.9. The minimum absolute atomic E-state index is 0.157. The number of carbonyl (C=O) groups is 1. The van der Waals surface area contributed by atoms with Crippen LogP contribution in [-0.2, 0) is 24.2 Å². The minimum atomic E-state index is 0.157. The molecule has 8 nitrogen and oxygen atoms in total. The third-order valence-electron chi connectivity index (χ3n) is 6.49. The van der Waals surface area contributed by atoms with Crippen LogP contribution in [0, 0.1) is 18.8 Å². The molecule has 1 amide bonds. The molecule has 3 heterocycles. The zero-order valence-corrected chi connectivity index (χ0v) is 18.6. The summed E-state index contributed by atoms with van der Waals surface area (Å²) in [6.07, 6.45) is 8.39. The Kier molecular flexibility index (Phi) is 6.01. The third kappa shape index (κ3) is 5.06. The zero-order valence-electron chi connectivity index (χ0n) is 18.6. The number of hydrogen-bond acceptors (Lipinski definition) is 6. The molecule has 1 unspecified atom stereocenters. The molecule has 0 radical (unpaired) electrons. The summed E-state index contributed by atoms with van der Waals surface area (Å²) in [6.45, 7) is 4.68. The van der Waals surface area contributed by atoms with Crippen LogP contribution in [-0.4, -0.2) is 48.8 Å². The largest absolute Gasteiger partial charge is 0.342 e. The first kappa shape index (κ1) is 20.8. The van der Waals surface area contributed by atoms with Crippen LogP contribution in [0.25, 0.3) is 11.4 Å². The van der Waals surface area contributed by atoms with Gasteiger partial charge in [-0.25, -0.2) is 0 Å². The van der Waals surface area contributed by atoms with E-state index in [4.69, 9.17) is 4.52 Å². The van der Waals surface area contributed by atoms with Gasteiger partial charge in [-0.1, -0.05) is 28.9 Å². The van der Waals surface area contributed by atoms with Gasteiger partial charge in [0.15, 0.2) is 0 Å². The zero-order chi connectivity index (χ0) is 21.9. The fourth-order valence-corrected chi connectivity index (χ4v) is 4.51. The Hall–Kier alpha value is -3.03. The quantitative estimate of drug-likeness (QED) is 0.539. The van der Waals surface area contributed by atoms with Crippen molar-refractivity contribution < 1.29 is 9.32 Å². The molecule has 1 atom stereocenters. The van der Waals surface area contributed by atoms with Crippen molar-refractivity contribution in [3.8, 4) is 11.4 Å². The van der Waals surface area contributed by atoms with Gasteiger partial charge in [-0.3, -0.25) is 4.79 Å². The predicted molar refractivity (Wildman–Crippen MR) is 119 cm³/mol. The van der Waals surface area contributed by atoms with E-state index in [9.17, 15) is 4.79 Å². The van der Waals surface area contributed by atoms with Crippen molar-refractivity contribution in [2.75, 3.05) is 13.1 Å². The molecular formula is C24H30N6O2. The summed E-state index contributed by atoms with van der Waals surface area (Å²) in [6, 6.07) is 8.00. The Morgan fingerprint density at radius 1 is 1.22 bits per heavy atom. The lowest BCUT2D eigenvalue weighted by Crippen LogP contribution is -2.40. The van der Waals surface area contributed by atoms with Crippen LogP contribution in [0.4, 0.5) is 0 Å². The average molecular weight is 435 g/mol. The second-order valence-corrected chi connectivity index (χ2v) is 9.28. The number of hydrogen-bond donors (Lipinski definition) is 0. The smallest absolute Gasteiger partial charge is 0.227 e. The number of carbonyl (C=O) groups excluding carboxylic acids is 1. The van der Waals surface area contributed by atoms with Gasteiger partial charge < -0.3 is 14.0 Å². The first-order valence-electron chi connectivity index (χ1n) is 11.7. The Labute approximate surface area is 188 Å². The normalized spacial score (nSPS) is 18.8. The van der Waals surface area contributed by atoms with Crippen LogP contribution in [0.1, 0.15) is 49.4 Å². The Bertz CT molecular complexity index is 1070. The van der Waals surface area contributed by atoms with Gasteiger partial charge in [-0.15, -0.1) is 10.2 Å². The van der Waals surface area contributed by atoms with Crippen molar-refractivity contribution in [3.05, 3.63) is 47.9 Å². The molecule has 8 heteroatoms. The highest BCUT2D eigenvalue weighted by molar-refractivity contribution is 5.76. The van der Waals surface area contributed by atoms with Gasteiger partial charge in [-0.2, -0.15) is 4.98 Å². The summed E-state index contributed by atoms with van der Waals surface area (Å²) in [5.74, 6) is 3.53. The molecule has 1 saturated carbocycles. The molecule has 2 aromatic heterocycles. The molecule has 168 valence electrons. The number of benzene rings is 1. The molecule has 1 aromatic carbocycles. The third-order valence-corrected chi connectivity index (χ3v) is 6.49. The molecule has 0 N–H and O–H groups in total. The predicted octanol–water partition coefficient (Wildman–Crippen LogP) is 3.46. The lowest BCUT2D eigenvalue weighted by Gasteiger charge is -2.32. The summed E-state index contributed by atoms with van der Waals surface area (Å²) in [7, 11) is 0. The Balaban J connectivity index is 1.13. The molecule has 5 rings (SSSR count). The molecule has 32 heavy (non-hydrogen) atoms. The van der Waals surface area contributed by atoms with Crippen LogP contribution >= 0.6 is 0 Å². The molecule has 0 bridgehead atoms. The van der Waals surface area contributed by atoms with Gasteiger partial charge in [0, 0.05) is 44.5 Å². The maximum absolute atomic E-state index is 12.9. The average Bonchev–Trinajstić information content (AvgIpc) is 3.31. The van der Waals surface area contributed by atoms with Gasteiger partial charge in [0.25, 0.3) is 0 Å². The summed E-state index contributed by atoms with van der Waals surface area (Å²) in [5, 5.41) is 12.6. The van der Waals surface area contributed by atoms with E-state index in [-0.39, 0.29) is 5.91 Å². The van der Waals surface area contributed by atoms with Crippen LogP contribution < -0.4 is 0 Å². The second kappa shape index (κ2) is 9.22. The summed E-state index contributed by atoms with van der Waals surface area (Å²) in [4.78, 5) is 19.3. The van der Waals surface area contributed by atoms with Gasteiger partial charge >= 0.3 is 0 Å². The maximum Gasteiger partial charge on any atom is 0.227 e. The number of aromatic nitrogens is 5. The van der Waals surface area contributed by atoms with Crippen molar-refractivity contribution in [1.82, 2.24) is 29.8 Å². The highest BCUT2D eigenvalue weighted by Gasteiger charge is 2.27. The van der Waals surface area contributed by atoms with Crippen LogP contribution in [0.2, 0.25) is 0 Å². The fourth-order valence-electron chi connectivity index (χ4n) is 4.51. The van der Waals surface area contributed by atoms with Crippen LogP contribution in [0.15, 0.2) is 35.1 Å². The highest BCUT2D eigenvalue weighted by atomic mass is 16.5. The van der Waals surface area contributed by atoms with Crippen molar-refractivity contribution >= 4 is 5.91 Å². The number of likely N-dealkylation sites (tertiary alicyclic amines) is 1. The van der Waals surface area contributed by atoms with Crippen LogP contribution in [0.3, 0.4) is 0 Å². The monoisotopic (exact) mass is 434 g/mol. The van der Waals surface area contributed by atoms with Gasteiger partial charge in [0.1, 0.15) is 12.2 Å². The van der Waals surface area contributed by atoms with E-state index in [0.717, 1.165) is 61.8 Å². The standard InChI is InChI=1S/C24H30N6O2/c1-17-4-2-6-20(12-17)24-26-22(32-28-24)9-10-23(31)29-11-3-5-19(15-29)13-21-27-25-16-30(21)14-18-7-8-18/h2,4,6,12,16,18-19H,3,5,7-11,13-15H2,1H3. The minimum Gasteiger partial charge on any atom is -0.342 e. The van der Waals surface area contributed by atoms with E-state index in [2.05, 4.69) is 24.9 Å². The number of piperidine rings is 1. The molecule has 2 fully saturated rings. The molecular weight excluding hydrogens is 404 g/mol. The van der Waals surface area contributed by atoms with Crippen molar-refractivity contribution in [2.24, 2.45) is 11.8 Å². The summed E-state index contributed by atoms with van der Waals surface area (Å²) >= 11 is 0. The first-order valence-corrected chi connectivity index (χ1v) is 11.7. The van der Waals surface area contributed by atoms with Gasteiger partial charge in [0.2, 0.25) is 17.6 Å². The number of aryl methyl sites for hydroxylation is 2. The topological polar surface area (TPSA) is 89.9 Å². The number of rotatable bonds is 8. The van der Waals surface area contributed by atoms with Gasteiger partial charge in [0.05, 0.1) is 0 Å². The summed E-state index contributed by atoms with van der Waals surface area (Å²) < 4.78 is 7.60. The first-order chi connectivity index (χ1) is 15.6. The SMILES string of the molecule is Cc1cccc(-c2noc(CCC(=O)N3CCCC(Cc4nncn4CC4CC4)C3)n2)c1. The van der Waals surface area contributed by atoms with Gasteiger partial charge in [-0.05, 0) is 50.5 Å². The van der Waals surface area contributed by atoms with E-state index in [1.807, 2.05) is 42.4 Å². The van der Waals surface area contributed by atoms with E-state index in [1.165, 1.54) is 12.8 Å². The van der Waals surface area contributed by atoms with E-state index in [1.54, 1.807) is 0 Å². The van der Waals surface area contributed by atoms with E-state index in [0.29, 0.717) is 30.5 Å². The Morgan fingerprint density at radius 2 is 2.12 bits per heavy atom. The Morgan fingerprint density at radius 3 is 2.97 bits per heavy atom. The van der Waals surface area contributed by atoms with Crippen LogP contribution in [0.5, 0.6) is 0 Å². The second-order valence-electron chi connectivity index (χ2n) is 9.28. The number of amides is 1. The molecule has 1 saturated heterocycles. The lowest BCUT2D eigenvalue weighted by molar-refractivity contribution is -0.133. The van der Waals surface area contributed by atoms with E-state index >= 15 is 0 Å². The van der Waals surface area contributed by atoms with Crippen molar-refractivity contribution in [2.45, 2.75) is 58.4 Å². The molecule has 2 aliphatic rings. The number of nitrogens with zero attached hydrogens (tertiary/aromatic N) is 6. The summed E-state index contributed by atoms with van der Waals surface area (Å²) in [5.41, 5.74) is 2.08. The molecule has 1 aliphatic carbocycles. The van der Waals surface area contributed by atoms with Crippen molar-refractivity contribution in [3.63, 3.8) is 0 Å². The van der Waals surface area contributed by atoms with Crippen molar-refractivity contribution in [1.29, 1.82) is 0 Å². The highest BCUT2D eigenvalue weighted by Crippen LogP contribution is 2.31. The van der Waals surface area contributed by atoms with E-state index < -0.39 is 0 Å². The molecule has 1 aliphatic heterocycles. The lowest BCUT2D eigenvalue weighted by atomic mass is 9.94. The fraction of sp³-hybridized carbons (Fsp3) is 0.542. The molecule has 0 spiro atoms.